The van der Waals surface area contributed by atoms with Crippen LogP contribution in [0.15, 0.2) is 10.5 Å². The third-order valence-electron chi connectivity index (χ3n) is 1.62. The van der Waals surface area contributed by atoms with Crippen LogP contribution in [-0.4, -0.2) is 5.75 Å². The van der Waals surface area contributed by atoms with E-state index in [0.717, 1.165) is 0 Å². The van der Waals surface area contributed by atoms with E-state index in [4.69, 9.17) is 0 Å². The van der Waals surface area contributed by atoms with Crippen LogP contribution in [0.1, 0.15) is 26.7 Å². The van der Waals surface area contributed by atoms with Crippen LogP contribution in [-0.2, 0) is 0 Å². The van der Waals surface area contributed by atoms with Crippen LogP contribution in [0.5, 0.6) is 0 Å². The van der Waals surface area contributed by atoms with Gasteiger partial charge in [0.15, 0.2) is 0 Å². The highest BCUT2D eigenvalue weighted by atomic mass is 32.2. The molecule has 0 amide bonds. The molecule has 0 aliphatic carbocycles. The maximum atomic E-state index is 2.24. The summed E-state index contributed by atoms with van der Waals surface area (Å²) in [4.78, 5) is 1.55. The molecule has 1 heteroatoms. The molecule has 8 heavy (non-hydrogen) atoms. The van der Waals surface area contributed by atoms with Crippen LogP contribution in [0.4, 0.5) is 0 Å². The molecule has 0 unspecified atom stereocenters. The van der Waals surface area contributed by atoms with Crippen molar-refractivity contribution in [3.05, 3.63) is 10.5 Å². The quantitative estimate of drug-likeness (QED) is 0.483. The molecular weight excluding hydrogens is 116 g/mol. The Kier molecular flexibility index (Phi) is 2.01. The highest BCUT2D eigenvalue weighted by Gasteiger charge is 2.03. The number of allylic oxidation sites excluding steroid dienone is 2. The standard InChI is InChI=1S/C7H12S/c1-6-4-3-5-8-7(6)2/h3-5H2,1-2H3. The Hall–Kier alpha value is 0.0900. The molecule has 0 radical (unpaired) electrons. The average molecular weight is 128 g/mol. The average Bonchev–Trinajstić information content (AvgIpc) is 1.77. The summed E-state index contributed by atoms with van der Waals surface area (Å²) >= 11 is 2.01. The molecule has 0 saturated heterocycles. The molecule has 0 fully saturated rings. The van der Waals surface area contributed by atoms with E-state index in [2.05, 4.69) is 13.8 Å². The van der Waals surface area contributed by atoms with Crippen molar-refractivity contribution in [2.24, 2.45) is 0 Å². The van der Waals surface area contributed by atoms with E-state index >= 15 is 0 Å². The molecule has 0 N–H and O–H groups in total. The number of rotatable bonds is 0. The second-order valence-corrected chi connectivity index (χ2v) is 3.60. The first kappa shape index (κ1) is 6.21. The van der Waals surface area contributed by atoms with Gasteiger partial charge in [0.05, 0.1) is 0 Å². The highest BCUT2D eigenvalue weighted by molar-refractivity contribution is 8.03. The fraction of sp³-hybridized carbons (Fsp3) is 0.714. The maximum Gasteiger partial charge on any atom is -0.00203 e. The van der Waals surface area contributed by atoms with Gasteiger partial charge in [-0.1, -0.05) is 5.57 Å². The molecule has 0 atom stereocenters. The summed E-state index contributed by atoms with van der Waals surface area (Å²) < 4.78 is 0. The maximum absolute atomic E-state index is 2.24. The van der Waals surface area contributed by atoms with Crippen LogP contribution in [0.2, 0.25) is 0 Å². The van der Waals surface area contributed by atoms with Crippen LogP contribution in [0.25, 0.3) is 0 Å². The Morgan fingerprint density at radius 1 is 1.38 bits per heavy atom. The molecule has 1 aliphatic rings. The summed E-state index contributed by atoms with van der Waals surface area (Å²) in [5.74, 6) is 1.34. The predicted molar refractivity (Wildman–Crippen MR) is 40.1 cm³/mol. The smallest absolute Gasteiger partial charge is 0.00203 e. The molecule has 1 aliphatic heterocycles. The Bertz CT molecular complexity index is 99.6. The van der Waals surface area contributed by atoms with Gasteiger partial charge >= 0.3 is 0 Å². The van der Waals surface area contributed by atoms with Gasteiger partial charge < -0.3 is 0 Å². The molecule has 46 valence electrons. The Morgan fingerprint density at radius 2 is 2.12 bits per heavy atom. The summed E-state index contributed by atoms with van der Waals surface area (Å²) in [6.07, 6.45) is 2.71. The van der Waals surface area contributed by atoms with Gasteiger partial charge in [-0.3, -0.25) is 0 Å². The molecule has 0 bridgehead atoms. The minimum atomic E-state index is 1.33. The molecular formula is C7H12S. The van der Waals surface area contributed by atoms with Crippen molar-refractivity contribution in [2.45, 2.75) is 26.7 Å². The summed E-state index contributed by atoms with van der Waals surface area (Å²) in [7, 11) is 0. The lowest BCUT2D eigenvalue weighted by Crippen LogP contribution is -1.91. The first-order chi connectivity index (χ1) is 3.80. The number of hydrogen-bond donors (Lipinski definition) is 0. The highest BCUT2D eigenvalue weighted by Crippen LogP contribution is 2.28. The Morgan fingerprint density at radius 3 is 2.50 bits per heavy atom. The van der Waals surface area contributed by atoms with Crippen LogP contribution in [0.3, 0.4) is 0 Å². The van der Waals surface area contributed by atoms with E-state index in [0.29, 0.717) is 0 Å². The zero-order valence-electron chi connectivity index (χ0n) is 5.53. The van der Waals surface area contributed by atoms with Gasteiger partial charge in [0.25, 0.3) is 0 Å². The third-order valence-corrected chi connectivity index (χ3v) is 2.89. The summed E-state index contributed by atoms with van der Waals surface area (Å²) in [5.41, 5.74) is 1.60. The molecule has 0 aromatic rings. The topological polar surface area (TPSA) is 0 Å². The normalized spacial score (nSPS) is 21.8. The fourth-order valence-corrected chi connectivity index (χ4v) is 1.81. The van der Waals surface area contributed by atoms with Gasteiger partial charge in [-0.15, -0.1) is 11.8 Å². The molecule has 1 heterocycles. The second-order valence-electron chi connectivity index (χ2n) is 2.29. The van der Waals surface area contributed by atoms with E-state index in [-0.39, 0.29) is 0 Å². The fourth-order valence-electron chi connectivity index (χ4n) is 0.862. The van der Waals surface area contributed by atoms with Crippen LogP contribution >= 0.6 is 11.8 Å². The molecule has 0 spiro atoms. The summed E-state index contributed by atoms with van der Waals surface area (Å²) in [5, 5.41) is 0. The van der Waals surface area contributed by atoms with E-state index in [1.807, 2.05) is 11.8 Å². The van der Waals surface area contributed by atoms with Crippen molar-refractivity contribution in [1.29, 1.82) is 0 Å². The second kappa shape index (κ2) is 2.58. The first-order valence-corrected chi connectivity index (χ1v) is 4.08. The third kappa shape index (κ3) is 1.28. The largest absolute Gasteiger partial charge is 0.131 e. The SMILES string of the molecule is CC1=C(C)SCCC1. The van der Waals surface area contributed by atoms with Gasteiger partial charge in [-0.2, -0.15) is 0 Å². The van der Waals surface area contributed by atoms with Crippen molar-refractivity contribution in [3.8, 4) is 0 Å². The van der Waals surface area contributed by atoms with E-state index in [1.54, 1.807) is 10.5 Å². The van der Waals surface area contributed by atoms with Gasteiger partial charge in [-0.05, 0) is 37.3 Å². The molecule has 0 aromatic heterocycles. The molecule has 0 nitrogen and oxygen atoms in total. The molecule has 0 aromatic carbocycles. The predicted octanol–water partition coefficient (Wildman–Crippen LogP) is 2.81. The van der Waals surface area contributed by atoms with E-state index in [1.165, 1.54) is 18.6 Å². The van der Waals surface area contributed by atoms with Gasteiger partial charge in [-0.25, -0.2) is 0 Å². The Balaban J connectivity index is 2.60. The van der Waals surface area contributed by atoms with Crippen molar-refractivity contribution in [1.82, 2.24) is 0 Å². The Labute approximate surface area is 55.4 Å². The van der Waals surface area contributed by atoms with Crippen LogP contribution < -0.4 is 0 Å². The zero-order chi connectivity index (χ0) is 5.98. The van der Waals surface area contributed by atoms with Gasteiger partial charge in [0.2, 0.25) is 0 Å². The van der Waals surface area contributed by atoms with E-state index in [9.17, 15) is 0 Å². The minimum absolute atomic E-state index is 1.33. The molecule has 0 saturated carbocycles. The number of hydrogen-bond acceptors (Lipinski definition) is 1. The van der Waals surface area contributed by atoms with Gasteiger partial charge in [0.1, 0.15) is 0 Å². The van der Waals surface area contributed by atoms with Crippen molar-refractivity contribution >= 4 is 11.8 Å². The lowest BCUT2D eigenvalue weighted by Gasteiger charge is -2.12. The monoisotopic (exact) mass is 128 g/mol. The number of thioether (sulfide) groups is 1. The van der Waals surface area contributed by atoms with E-state index < -0.39 is 0 Å². The van der Waals surface area contributed by atoms with Crippen LogP contribution in [0, 0.1) is 0 Å². The van der Waals surface area contributed by atoms with Crippen molar-refractivity contribution in [2.75, 3.05) is 5.75 Å². The van der Waals surface area contributed by atoms with Crippen molar-refractivity contribution < 1.29 is 0 Å². The van der Waals surface area contributed by atoms with Crippen molar-refractivity contribution in [3.63, 3.8) is 0 Å². The van der Waals surface area contributed by atoms with Gasteiger partial charge in [0, 0.05) is 0 Å². The summed E-state index contributed by atoms with van der Waals surface area (Å²) in [6, 6.07) is 0. The lowest BCUT2D eigenvalue weighted by atomic mass is 10.2. The first-order valence-electron chi connectivity index (χ1n) is 3.10. The molecule has 1 rings (SSSR count). The zero-order valence-corrected chi connectivity index (χ0v) is 6.35. The minimum Gasteiger partial charge on any atom is -0.131 e. The lowest BCUT2D eigenvalue weighted by molar-refractivity contribution is 0.898. The summed E-state index contributed by atoms with van der Waals surface area (Å²) in [6.45, 7) is 4.46.